The third-order valence-corrected chi connectivity index (χ3v) is 3.28. The summed E-state index contributed by atoms with van der Waals surface area (Å²) in [4.78, 5) is 21.7. The number of amides is 1. The number of rotatable bonds is 4. The van der Waals surface area contributed by atoms with Crippen LogP contribution in [-0.4, -0.2) is 46.5 Å². The summed E-state index contributed by atoms with van der Waals surface area (Å²) >= 11 is 0. The molecule has 1 aromatic rings. The number of likely N-dealkylation sites (tertiary alicyclic amines) is 1. The zero-order valence-electron chi connectivity index (χ0n) is 11.5. The van der Waals surface area contributed by atoms with Crippen molar-refractivity contribution in [1.29, 1.82) is 0 Å². The molecule has 1 aromatic heterocycles. The number of carbonyl (C=O) groups is 1. The average Bonchev–Trinajstić information content (AvgIpc) is 2.29. The van der Waals surface area contributed by atoms with Crippen molar-refractivity contribution < 1.29 is 4.79 Å². The highest BCUT2D eigenvalue weighted by Gasteiger charge is 2.20. The van der Waals surface area contributed by atoms with Crippen LogP contribution in [0.2, 0.25) is 0 Å². The Labute approximate surface area is 113 Å². The lowest BCUT2D eigenvalue weighted by molar-refractivity contribution is -0.119. The molecule has 1 saturated heterocycles. The van der Waals surface area contributed by atoms with Gasteiger partial charge in [-0.1, -0.05) is 0 Å². The first kappa shape index (κ1) is 13.7. The molecule has 1 aliphatic rings. The molecule has 0 spiro atoms. The quantitative estimate of drug-likeness (QED) is 0.824. The van der Waals surface area contributed by atoms with E-state index in [4.69, 9.17) is 5.73 Å². The number of hydrogen-bond donors (Lipinski definition) is 2. The summed E-state index contributed by atoms with van der Waals surface area (Å²) in [6.07, 6.45) is 1.95. The van der Waals surface area contributed by atoms with E-state index in [9.17, 15) is 4.79 Å². The van der Waals surface area contributed by atoms with Crippen molar-refractivity contribution in [2.24, 2.45) is 5.73 Å². The Hall–Kier alpha value is -1.69. The fraction of sp³-hybridized carbons (Fsp3) is 0.615. The van der Waals surface area contributed by atoms with Crippen LogP contribution in [0.5, 0.6) is 0 Å². The molecule has 0 radical (unpaired) electrons. The first-order valence-corrected chi connectivity index (χ1v) is 6.62. The Kier molecular flexibility index (Phi) is 4.31. The minimum atomic E-state index is -0.260. The Morgan fingerprint density at radius 1 is 1.37 bits per heavy atom. The van der Waals surface area contributed by atoms with Gasteiger partial charge in [0.25, 0.3) is 0 Å². The molecular weight excluding hydrogens is 242 g/mol. The monoisotopic (exact) mass is 263 g/mol. The zero-order chi connectivity index (χ0) is 13.8. The van der Waals surface area contributed by atoms with Gasteiger partial charge in [-0.05, 0) is 32.8 Å². The number of anilines is 1. The highest BCUT2D eigenvalue weighted by Crippen LogP contribution is 2.14. The third-order valence-electron chi connectivity index (χ3n) is 3.28. The lowest BCUT2D eigenvalue weighted by Gasteiger charge is -2.31. The Bertz CT molecular complexity index is 434. The number of aryl methyl sites for hydroxylation is 2. The molecule has 6 nitrogen and oxygen atoms in total. The van der Waals surface area contributed by atoms with Gasteiger partial charge in [0.05, 0.1) is 6.54 Å². The number of primary amides is 1. The van der Waals surface area contributed by atoms with Gasteiger partial charge in [0, 0.05) is 30.5 Å². The number of piperidine rings is 1. The van der Waals surface area contributed by atoms with Crippen molar-refractivity contribution in [2.75, 3.05) is 25.0 Å². The van der Waals surface area contributed by atoms with Crippen LogP contribution in [0.25, 0.3) is 0 Å². The molecule has 0 saturated carbocycles. The zero-order valence-corrected chi connectivity index (χ0v) is 11.5. The second-order valence-corrected chi connectivity index (χ2v) is 5.14. The molecule has 1 amide bonds. The Balaban J connectivity index is 1.86. The van der Waals surface area contributed by atoms with Crippen molar-refractivity contribution in [2.45, 2.75) is 32.7 Å². The number of nitrogens with one attached hydrogen (secondary N) is 1. The molecule has 1 fully saturated rings. The first-order valence-electron chi connectivity index (χ1n) is 6.62. The number of hydrogen-bond acceptors (Lipinski definition) is 5. The largest absolute Gasteiger partial charge is 0.369 e. The maximum Gasteiger partial charge on any atom is 0.231 e. The molecule has 0 aromatic carbocycles. The summed E-state index contributed by atoms with van der Waals surface area (Å²) in [5.41, 5.74) is 7.15. The second-order valence-electron chi connectivity index (χ2n) is 5.14. The Morgan fingerprint density at radius 2 is 1.95 bits per heavy atom. The van der Waals surface area contributed by atoms with E-state index >= 15 is 0 Å². The molecule has 2 heterocycles. The fourth-order valence-electron chi connectivity index (χ4n) is 2.43. The molecule has 2 rings (SSSR count). The molecule has 3 N–H and O–H groups in total. The van der Waals surface area contributed by atoms with Crippen molar-refractivity contribution in [3.05, 3.63) is 17.5 Å². The van der Waals surface area contributed by atoms with Gasteiger partial charge < -0.3 is 11.1 Å². The fourth-order valence-corrected chi connectivity index (χ4v) is 2.43. The topological polar surface area (TPSA) is 84.1 Å². The summed E-state index contributed by atoms with van der Waals surface area (Å²) in [6, 6.07) is 2.33. The molecule has 0 bridgehead atoms. The van der Waals surface area contributed by atoms with Crippen LogP contribution in [0.3, 0.4) is 0 Å². The van der Waals surface area contributed by atoms with Crippen molar-refractivity contribution in [3.63, 3.8) is 0 Å². The van der Waals surface area contributed by atoms with Gasteiger partial charge >= 0.3 is 0 Å². The summed E-state index contributed by atoms with van der Waals surface area (Å²) in [7, 11) is 0. The maximum atomic E-state index is 10.9. The van der Waals surface area contributed by atoms with E-state index in [1.54, 1.807) is 0 Å². The molecule has 0 unspecified atom stereocenters. The molecule has 19 heavy (non-hydrogen) atoms. The SMILES string of the molecule is Cc1cc(C)nc(NC2CCN(CC(N)=O)CC2)n1. The van der Waals surface area contributed by atoms with Crippen LogP contribution < -0.4 is 11.1 Å². The van der Waals surface area contributed by atoms with Gasteiger partial charge in [-0.25, -0.2) is 9.97 Å². The third kappa shape index (κ3) is 4.17. The van der Waals surface area contributed by atoms with E-state index in [2.05, 4.69) is 20.2 Å². The normalized spacial score (nSPS) is 17.4. The van der Waals surface area contributed by atoms with Gasteiger partial charge in [0.15, 0.2) is 0 Å². The first-order chi connectivity index (χ1) is 9.02. The molecule has 6 heteroatoms. The van der Waals surface area contributed by atoms with Gasteiger partial charge in [0.2, 0.25) is 11.9 Å². The Morgan fingerprint density at radius 3 is 2.47 bits per heavy atom. The summed E-state index contributed by atoms with van der Waals surface area (Å²) < 4.78 is 0. The number of nitrogens with zero attached hydrogens (tertiary/aromatic N) is 3. The van der Waals surface area contributed by atoms with E-state index in [-0.39, 0.29) is 5.91 Å². The predicted octanol–water partition coefficient (Wildman–Crippen LogP) is 0.455. The lowest BCUT2D eigenvalue weighted by atomic mass is 10.1. The average molecular weight is 263 g/mol. The highest BCUT2D eigenvalue weighted by atomic mass is 16.1. The number of nitrogens with two attached hydrogens (primary N) is 1. The maximum absolute atomic E-state index is 10.9. The molecule has 0 aliphatic carbocycles. The van der Waals surface area contributed by atoms with Crippen LogP contribution >= 0.6 is 0 Å². The minimum Gasteiger partial charge on any atom is -0.369 e. The van der Waals surface area contributed by atoms with Gasteiger partial charge in [0.1, 0.15) is 0 Å². The van der Waals surface area contributed by atoms with E-state index < -0.39 is 0 Å². The summed E-state index contributed by atoms with van der Waals surface area (Å²) in [5.74, 6) is 0.440. The molecule has 1 aliphatic heterocycles. The van der Waals surface area contributed by atoms with Gasteiger partial charge in [-0.2, -0.15) is 0 Å². The molecule has 104 valence electrons. The highest BCUT2D eigenvalue weighted by molar-refractivity contribution is 5.75. The van der Waals surface area contributed by atoms with Gasteiger partial charge in [-0.3, -0.25) is 9.69 Å². The molecular formula is C13H21N5O. The summed E-state index contributed by atoms with van der Waals surface area (Å²) in [6.45, 7) is 6.05. The van der Waals surface area contributed by atoms with Crippen LogP contribution in [0.4, 0.5) is 5.95 Å². The van der Waals surface area contributed by atoms with Crippen molar-refractivity contribution in [1.82, 2.24) is 14.9 Å². The number of carbonyl (C=O) groups excluding carboxylic acids is 1. The van der Waals surface area contributed by atoms with E-state index in [1.165, 1.54) is 0 Å². The van der Waals surface area contributed by atoms with Crippen LogP contribution in [-0.2, 0) is 4.79 Å². The van der Waals surface area contributed by atoms with E-state index in [1.807, 2.05) is 19.9 Å². The van der Waals surface area contributed by atoms with Crippen LogP contribution in [0.15, 0.2) is 6.07 Å². The van der Waals surface area contributed by atoms with Crippen molar-refractivity contribution >= 4 is 11.9 Å². The summed E-state index contributed by atoms with van der Waals surface area (Å²) in [5, 5.41) is 3.37. The lowest BCUT2D eigenvalue weighted by Crippen LogP contribution is -2.43. The van der Waals surface area contributed by atoms with Crippen LogP contribution in [0, 0.1) is 13.8 Å². The van der Waals surface area contributed by atoms with Crippen molar-refractivity contribution in [3.8, 4) is 0 Å². The minimum absolute atomic E-state index is 0.260. The predicted molar refractivity (Wildman–Crippen MR) is 73.8 cm³/mol. The smallest absolute Gasteiger partial charge is 0.231 e. The van der Waals surface area contributed by atoms with Crippen LogP contribution in [0.1, 0.15) is 24.2 Å². The number of aromatic nitrogens is 2. The van der Waals surface area contributed by atoms with Gasteiger partial charge in [-0.15, -0.1) is 0 Å². The van der Waals surface area contributed by atoms with E-state index in [0.29, 0.717) is 18.5 Å². The molecule has 0 atom stereocenters. The standard InChI is InChI=1S/C13H21N5O/c1-9-7-10(2)16-13(15-9)17-11-3-5-18(6-4-11)8-12(14)19/h7,11H,3-6,8H2,1-2H3,(H2,14,19)(H,15,16,17). The second kappa shape index (κ2) is 5.97. The van der Waals surface area contributed by atoms with E-state index in [0.717, 1.165) is 37.3 Å².